The molecule has 30 heavy (non-hydrogen) atoms. The van der Waals surface area contributed by atoms with Crippen LogP contribution in [0, 0.1) is 0 Å². The van der Waals surface area contributed by atoms with Gasteiger partial charge in [-0.1, -0.05) is 0 Å². The van der Waals surface area contributed by atoms with Crippen molar-refractivity contribution in [2.45, 2.75) is 37.7 Å². The number of nitrogens with zero attached hydrogens (tertiary/aromatic N) is 3. The van der Waals surface area contributed by atoms with Gasteiger partial charge in [-0.15, -0.1) is 11.3 Å². The lowest BCUT2D eigenvalue weighted by molar-refractivity contribution is -0.141. The van der Waals surface area contributed by atoms with Crippen molar-refractivity contribution in [2.24, 2.45) is 0 Å². The van der Waals surface area contributed by atoms with Crippen LogP contribution in [0.25, 0.3) is 10.6 Å². The Bertz CT molecular complexity index is 897. The average molecular weight is 428 g/mol. The molecule has 2 aromatic rings. The van der Waals surface area contributed by atoms with Crippen molar-refractivity contribution in [3.63, 3.8) is 0 Å². The fraction of sp³-hybridized carbons (Fsp3) is 0.565. The number of carbonyl (C=O) groups is 1. The fourth-order valence-corrected chi connectivity index (χ4v) is 6.16. The Labute approximate surface area is 181 Å². The van der Waals surface area contributed by atoms with E-state index in [1.165, 1.54) is 28.2 Å². The van der Waals surface area contributed by atoms with Crippen molar-refractivity contribution in [3.05, 3.63) is 34.8 Å². The summed E-state index contributed by atoms with van der Waals surface area (Å²) in [6.07, 6.45) is 6.91. The highest BCUT2D eigenvalue weighted by Crippen LogP contribution is 2.46. The number of aromatic nitrogens is 1. The lowest BCUT2D eigenvalue weighted by Gasteiger charge is -2.44. The van der Waals surface area contributed by atoms with E-state index < -0.39 is 0 Å². The average Bonchev–Trinajstić information content (AvgIpc) is 3.45. The predicted octanol–water partition coefficient (Wildman–Crippen LogP) is 3.30. The van der Waals surface area contributed by atoms with E-state index >= 15 is 0 Å². The summed E-state index contributed by atoms with van der Waals surface area (Å²) in [5.41, 5.74) is 2.04. The maximum Gasteiger partial charge on any atom is 0.236 e. The van der Waals surface area contributed by atoms with Crippen LogP contribution >= 0.6 is 11.3 Å². The molecule has 0 aromatic carbocycles. The first-order valence-corrected chi connectivity index (χ1v) is 11.8. The quantitative estimate of drug-likeness (QED) is 0.749. The predicted molar refractivity (Wildman–Crippen MR) is 117 cm³/mol. The monoisotopic (exact) mass is 427 g/mol. The minimum Gasteiger partial charge on any atom is -0.495 e. The van der Waals surface area contributed by atoms with Crippen molar-refractivity contribution in [2.75, 3.05) is 46.4 Å². The summed E-state index contributed by atoms with van der Waals surface area (Å²) in [4.78, 5) is 24.2. The molecular weight excluding hydrogens is 398 g/mol. The van der Waals surface area contributed by atoms with E-state index in [0.29, 0.717) is 6.54 Å². The van der Waals surface area contributed by atoms with Gasteiger partial charge in [0.15, 0.2) is 0 Å². The fourth-order valence-electron chi connectivity index (χ4n) is 4.95. The molecule has 2 aromatic heterocycles. The molecule has 1 amide bonds. The number of pyridine rings is 1. The molecule has 160 valence electrons. The van der Waals surface area contributed by atoms with Gasteiger partial charge in [-0.2, -0.15) is 0 Å². The summed E-state index contributed by atoms with van der Waals surface area (Å²) >= 11 is 1.83. The van der Waals surface area contributed by atoms with Crippen molar-refractivity contribution in [1.82, 2.24) is 14.8 Å². The number of carbonyl (C=O) groups excluding carboxylic acids is 1. The number of fused-ring (bicyclic) bond motifs is 2. The van der Waals surface area contributed by atoms with Gasteiger partial charge in [0, 0.05) is 24.4 Å². The third-order valence-electron chi connectivity index (χ3n) is 6.71. The van der Waals surface area contributed by atoms with Crippen LogP contribution in [-0.4, -0.2) is 67.1 Å². The molecule has 6 nitrogen and oxygen atoms in total. The molecule has 3 aliphatic heterocycles. The van der Waals surface area contributed by atoms with Gasteiger partial charge in [-0.25, -0.2) is 0 Å². The summed E-state index contributed by atoms with van der Waals surface area (Å²) in [7, 11) is 1.66. The number of rotatable bonds is 4. The topological polar surface area (TPSA) is 54.9 Å². The zero-order valence-corrected chi connectivity index (χ0v) is 18.4. The molecule has 1 spiro atoms. The molecule has 0 aliphatic carbocycles. The van der Waals surface area contributed by atoms with Crippen LogP contribution in [0.4, 0.5) is 0 Å². The van der Waals surface area contributed by atoms with Crippen LogP contribution in [0.5, 0.6) is 5.75 Å². The van der Waals surface area contributed by atoms with E-state index in [1.807, 2.05) is 28.4 Å². The van der Waals surface area contributed by atoms with Crippen LogP contribution in [0.3, 0.4) is 0 Å². The van der Waals surface area contributed by atoms with Gasteiger partial charge in [0.05, 0.1) is 42.6 Å². The maximum atomic E-state index is 12.7. The Balaban J connectivity index is 1.31. The van der Waals surface area contributed by atoms with E-state index in [2.05, 4.69) is 16.0 Å². The number of thiophene rings is 1. The van der Waals surface area contributed by atoms with E-state index in [9.17, 15) is 4.79 Å². The molecule has 7 heteroatoms. The lowest BCUT2D eigenvalue weighted by atomic mass is 9.82. The Morgan fingerprint density at radius 2 is 2.03 bits per heavy atom. The van der Waals surface area contributed by atoms with Gasteiger partial charge in [0.1, 0.15) is 5.75 Å². The zero-order valence-electron chi connectivity index (χ0n) is 17.6. The van der Waals surface area contributed by atoms with Crippen LogP contribution in [0.2, 0.25) is 0 Å². The molecule has 2 fully saturated rings. The van der Waals surface area contributed by atoms with E-state index in [-0.39, 0.29) is 11.5 Å². The third-order valence-corrected chi connectivity index (χ3v) is 7.93. The Morgan fingerprint density at radius 1 is 1.23 bits per heavy atom. The lowest BCUT2D eigenvalue weighted by Crippen LogP contribution is -2.50. The largest absolute Gasteiger partial charge is 0.495 e. The van der Waals surface area contributed by atoms with E-state index in [0.717, 1.165) is 63.5 Å². The smallest absolute Gasteiger partial charge is 0.236 e. The van der Waals surface area contributed by atoms with Crippen LogP contribution in [0.1, 0.15) is 36.1 Å². The third kappa shape index (κ3) is 3.74. The Morgan fingerprint density at radius 3 is 2.73 bits per heavy atom. The molecule has 5 heterocycles. The number of hydrogen-bond donors (Lipinski definition) is 0. The molecule has 0 bridgehead atoms. The highest BCUT2D eigenvalue weighted by molar-refractivity contribution is 7.15. The van der Waals surface area contributed by atoms with Crippen molar-refractivity contribution in [3.8, 4) is 16.3 Å². The number of piperidine rings is 1. The van der Waals surface area contributed by atoms with Crippen LogP contribution in [-0.2, 0) is 21.6 Å². The SMILES string of the molecule is COc1ccc(-c2cc3c(s2)CCOC32CCN(C(=O)CN3CCCC3)CC2)nc1. The van der Waals surface area contributed by atoms with Gasteiger partial charge in [-0.3, -0.25) is 14.7 Å². The molecule has 3 aliphatic rings. The van der Waals surface area contributed by atoms with Crippen molar-refractivity contribution >= 4 is 17.2 Å². The standard InChI is InChI=1S/C23H29N3O3S/c1-28-17-4-5-19(24-15-17)21-14-18-20(30-21)6-13-29-23(18)7-11-26(12-8-23)22(27)16-25-9-2-3-10-25/h4-5,14-15H,2-3,6-13,16H2,1H3. The molecule has 0 atom stereocenters. The molecule has 5 rings (SSSR count). The van der Waals surface area contributed by atoms with Gasteiger partial charge in [0.25, 0.3) is 0 Å². The van der Waals surface area contributed by atoms with Crippen molar-refractivity contribution in [1.29, 1.82) is 0 Å². The first kappa shape index (κ1) is 20.0. The Kier molecular flexibility index (Phi) is 5.52. The number of methoxy groups -OCH3 is 1. The maximum absolute atomic E-state index is 12.7. The van der Waals surface area contributed by atoms with Crippen LogP contribution in [0.15, 0.2) is 24.4 Å². The van der Waals surface area contributed by atoms with Gasteiger partial charge >= 0.3 is 0 Å². The normalized spacial score (nSPS) is 21.0. The number of hydrogen-bond acceptors (Lipinski definition) is 6. The van der Waals surface area contributed by atoms with E-state index in [1.54, 1.807) is 13.3 Å². The second-order valence-corrected chi connectivity index (χ2v) is 9.62. The molecule has 2 saturated heterocycles. The molecular formula is C23H29N3O3S. The minimum absolute atomic E-state index is 0.251. The van der Waals surface area contributed by atoms with Gasteiger partial charge in [0.2, 0.25) is 5.91 Å². The van der Waals surface area contributed by atoms with Gasteiger partial charge < -0.3 is 14.4 Å². The second kappa shape index (κ2) is 8.29. The number of ether oxygens (including phenoxy) is 2. The highest BCUT2D eigenvalue weighted by Gasteiger charge is 2.43. The summed E-state index contributed by atoms with van der Waals surface area (Å²) in [5, 5.41) is 0. The molecule has 0 saturated carbocycles. The van der Waals surface area contributed by atoms with Crippen LogP contribution < -0.4 is 4.74 Å². The minimum atomic E-state index is -0.251. The molecule has 0 unspecified atom stereocenters. The summed E-state index contributed by atoms with van der Waals surface area (Å²) in [6, 6.07) is 6.25. The van der Waals surface area contributed by atoms with Crippen molar-refractivity contribution < 1.29 is 14.3 Å². The summed E-state index contributed by atoms with van der Waals surface area (Å²) in [5.74, 6) is 1.04. The summed E-state index contributed by atoms with van der Waals surface area (Å²) < 4.78 is 11.6. The number of likely N-dealkylation sites (tertiary alicyclic amines) is 2. The summed E-state index contributed by atoms with van der Waals surface area (Å²) in [6.45, 7) is 5.01. The van der Waals surface area contributed by atoms with Gasteiger partial charge in [-0.05, 0) is 62.5 Å². The second-order valence-electron chi connectivity index (χ2n) is 8.49. The molecule has 0 radical (unpaired) electrons. The first-order valence-electron chi connectivity index (χ1n) is 10.9. The zero-order chi connectivity index (χ0) is 20.6. The highest BCUT2D eigenvalue weighted by atomic mass is 32.1. The number of amides is 1. The molecule has 0 N–H and O–H groups in total. The Hall–Kier alpha value is -1.96. The van der Waals surface area contributed by atoms with E-state index in [4.69, 9.17) is 9.47 Å². The first-order chi connectivity index (χ1) is 14.7.